The number of halogens is 1. The van der Waals surface area contributed by atoms with Gasteiger partial charge in [0.15, 0.2) is 5.76 Å². The number of rotatable bonds is 8. The number of likely N-dealkylation sites (N-methyl/N-ethyl adjacent to an activating group) is 1. The molecule has 0 N–H and O–H groups in total. The topological polar surface area (TPSA) is 47.7 Å². The van der Waals surface area contributed by atoms with Crippen molar-refractivity contribution in [2.24, 2.45) is 0 Å². The van der Waals surface area contributed by atoms with Gasteiger partial charge in [-0.05, 0) is 30.9 Å². The maximum absolute atomic E-state index is 5.57. The summed E-state index contributed by atoms with van der Waals surface area (Å²) in [6.45, 7) is 4.90. The van der Waals surface area contributed by atoms with E-state index in [9.17, 15) is 0 Å². The summed E-state index contributed by atoms with van der Waals surface area (Å²) in [7, 11) is 2.05. The van der Waals surface area contributed by atoms with Crippen molar-refractivity contribution in [2.75, 3.05) is 26.7 Å². The second kappa shape index (κ2) is 9.26. The zero-order chi connectivity index (χ0) is 14.2. The fourth-order valence-corrected chi connectivity index (χ4v) is 1.57. The predicted octanol–water partition coefficient (Wildman–Crippen LogP) is 3.01. The molecule has 2 aromatic rings. The van der Waals surface area contributed by atoms with E-state index in [1.807, 2.05) is 37.4 Å². The van der Waals surface area contributed by atoms with E-state index in [1.165, 1.54) is 0 Å². The average Bonchev–Trinajstić information content (AvgIpc) is 2.94. The molecular weight excluding hydrogens is 292 g/mol. The maximum Gasteiger partial charge on any atom is 0.254 e. The van der Waals surface area contributed by atoms with Gasteiger partial charge in [-0.3, -0.25) is 0 Å². The zero-order valence-corrected chi connectivity index (χ0v) is 13.1. The molecule has 1 heterocycles. The fourth-order valence-electron chi connectivity index (χ4n) is 1.57. The first-order valence-electron chi connectivity index (χ1n) is 6.72. The number of benzene rings is 1. The van der Waals surface area contributed by atoms with Crippen LogP contribution in [0.3, 0.4) is 0 Å². The number of hydrogen-bond acceptors (Lipinski definition) is 5. The zero-order valence-electron chi connectivity index (χ0n) is 12.3. The Labute approximate surface area is 131 Å². The Kier molecular flexibility index (Phi) is 7.64. The summed E-state index contributed by atoms with van der Waals surface area (Å²) < 4.78 is 16.2. The molecule has 0 aliphatic rings. The SMILES string of the molecule is CCN(C)CCOc1cc(COc2ccccc2)on1.Cl. The minimum Gasteiger partial charge on any atom is -0.486 e. The molecule has 2 rings (SSSR count). The highest BCUT2D eigenvalue weighted by molar-refractivity contribution is 5.85. The summed E-state index contributed by atoms with van der Waals surface area (Å²) >= 11 is 0. The average molecular weight is 313 g/mol. The normalized spacial score (nSPS) is 10.2. The maximum atomic E-state index is 5.57. The van der Waals surface area contributed by atoms with Gasteiger partial charge >= 0.3 is 0 Å². The lowest BCUT2D eigenvalue weighted by molar-refractivity contribution is 0.219. The Morgan fingerprint density at radius 3 is 2.67 bits per heavy atom. The van der Waals surface area contributed by atoms with Crippen molar-refractivity contribution in [2.45, 2.75) is 13.5 Å². The van der Waals surface area contributed by atoms with Crippen molar-refractivity contribution in [3.8, 4) is 11.6 Å². The van der Waals surface area contributed by atoms with Crippen molar-refractivity contribution in [1.29, 1.82) is 0 Å². The number of nitrogens with zero attached hydrogens (tertiary/aromatic N) is 2. The highest BCUT2D eigenvalue weighted by atomic mass is 35.5. The van der Waals surface area contributed by atoms with Crippen LogP contribution in [0.1, 0.15) is 12.7 Å². The Bertz CT molecular complexity index is 505. The van der Waals surface area contributed by atoms with Gasteiger partial charge in [0.1, 0.15) is 19.0 Å². The van der Waals surface area contributed by atoms with Gasteiger partial charge in [0, 0.05) is 12.6 Å². The van der Waals surface area contributed by atoms with Crippen molar-refractivity contribution >= 4 is 12.4 Å². The van der Waals surface area contributed by atoms with Crippen molar-refractivity contribution in [3.05, 3.63) is 42.2 Å². The van der Waals surface area contributed by atoms with E-state index in [4.69, 9.17) is 14.0 Å². The first-order chi connectivity index (χ1) is 9.78. The van der Waals surface area contributed by atoms with Crippen LogP contribution in [0.15, 0.2) is 40.9 Å². The molecule has 0 amide bonds. The third-order valence-electron chi connectivity index (χ3n) is 2.92. The van der Waals surface area contributed by atoms with E-state index in [0.717, 1.165) is 18.8 Å². The van der Waals surface area contributed by atoms with Crippen LogP contribution in [-0.4, -0.2) is 36.8 Å². The lowest BCUT2D eigenvalue weighted by Crippen LogP contribution is -2.23. The number of aromatic nitrogens is 1. The Balaban J connectivity index is 0.00000220. The lowest BCUT2D eigenvalue weighted by Gasteiger charge is -2.12. The van der Waals surface area contributed by atoms with Gasteiger partial charge in [0.05, 0.1) is 0 Å². The molecule has 0 saturated heterocycles. The second-order valence-corrected chi connectivity index (χ2v) is 4.48. The summed E-state index contributed by atoms with van der Waals surface area (Å²) in [4.78, 5) is 2.17. The van der Waals surface area contributed by atoms with E-state index in [1.54, 1.807) is 6.07 Å². The molecular formula is C15H21ClN2O3. The molecule has 6 heteroatoms. The minimum atomic E-state index is 0. The first-order valence-corrected chi connectivity index (χ1v) is 6.72. The van der Waals surface area contributed by atoms with Gasteiger partial charge in [-0.15, -0.1) is 12.4 Å². The van der Waals surface area contributed by atoms with Gasteiger partial charge in [-0.25, -0.2) is 0 Å². The van der Waals surface area contributed by atoms with Crippen LogP contribution in [0, 0.1) is 0 Å². The third-order valence-corrected chi connectivity index (χ3v) is 2.92. The van der Waals surface area contributed by atoms with E-state index in [-0.39, 0.29) is 12.4 Å². The number of para-hydroxylation sites is 1. The standard InChI is InChI=1S/C15H20N2O3.ClH/c1-3-17(2)9-10-18-15-11-14(20-16-15)12-19-13-7-5-4-6-8-13;/h4-8,11H,3,9-10,12H2,1-2H3;1H. The Hall–Kier alpha value is -1.72. The molecule has 116 valence electrons. The van der Waals surface area contributed by atoms with Crippen LogP contribution >= 0.6 is 12.4 Å². The van der Waals surface area contributed by atoms with Gasteiger partial charge in [0.2, 0.25) is 0 Å². The van der Waals surface area contributed by atoms with Crippen molar-refractivity contribution in [1.82, 2.24) is 10.1 Å². The predicted molar refractivity (Wildman–Crippen MR) is 83.2 cm³/mol. The Morgan fingerprint density at radius 2 is 1.95 bits per heavy atom. The van der Waals surface area contributed by atoms with E-state index >= 15 is 0 Å². The quantitative estimate of drug-likeness (QED) is 0.750. The molecule has 0 unspecified atom stereocenters. The van der Waals surface area contributed by atoms with Crippen LogP contribution in [0.25, 0.3) is 0 Å². The molecule has 1 aromatic heterocycles. The Morgan fingerprint density at radius 1 is 1.19 bits per heavy atom. The third kappa shape index (κ3) is 6.06. The van der Waals surface area contributed by atoms with Gasteiger partial charge in [0.25, 0.3) is 5.88 Å². The van der Waals surface area contributed by atoms with Crippen LogP contribution in [0.4, 0.5) is 0 Å². The number of hydrogen-bond donors (Lipinski definition) is 0. The molecule has 0 aliphatic carbocycles. The molecule has 0 bridgehead atoms. The van der Waals surface area contributed by atoms with Crippen LogP contribution in [0.5, 0.6) is 11.6 Å². The first kappa shape index (κ1) is 17.3. The summed E-state index contributed by atoms with van der Waals surface area (Å²) in [6.07, 6.45) is 0. The molecule has 0 radical (unpaired) electrons. The van der Waals surface area contributed by atoms with Crippen molar-refractivity contribution in [3.63, 3.8) is 0 Å². The molecule has 0 saturated carbocycles. The van der Waals surface area contributed by atoms with E-state index < -0.39 is 0 Å². The monoisotopic (exact) mass is 312 g/mol. The summed E-state index contributed by atoms with van der Waals surface area (Å²) in [5.74, 6) is 1.95. The lowest BCUT2D eigenvalue weighted by atomic mass is 10.3. The number of ether oxygens (including phenoxy) is 2. The molecule has 0 atom stereocenters. The molecule has 1 aromatic carbocycles. The van der Waals surface area contributed by atoms with Crippen LogP contribution < -0.4 is 9.47 Å². The van der Waals surface area contributed by atoms with Gasteiger partial charge in [-0.1, -0.05) is 25.1 Å². The van der Waals surface area contributed by atoms with Crippen LogP contribution in [0.2, 0.25) is 0 Å². The molecule has 0 spiro atoms. The molecule has 0 aliphatic heterocycles. The van der Waals surface area contributed by atoms with E-state index in [0.29, 0.717) is 24.9 Å². The summed E-state index contributed by atoms with van der Waals surface area (Å²) in [6, 6.07) is 11.3. The largest absolute Gasteiger partial charge is 0.486 e. The van der Waals surface area contributed by atoms with Crippen LogP contribution in [-0.2, 0) is 6.61 Å². The fraction of sp³-hybridized carbons (Fsp3) is 0.400. The molecule has 21 heavy (non-hydrogen) atoms. The molecule has 0 fully saturated rings. The van der Waals surface area contributed by atoms with E-state index in [2.05, 4.69) is 17.0 Å². The minimum absolute atomic E-state index is 0. The van der Waals surface area contributed by atoms with Gasteiger partial charge in [-0.2, -0.15) is 0 Å². The highest BCUT2D eigenvalue weighted by Crippen LogP contribution is 2.15. The highest BCUT2D eigenvalue weighted by Gasteiger charge is 2.06. The smallest absolute Gasteiger partial charge is 0.254 e. The summed E-state index contributed by atoms with van der Waals surface area (Å²) in [5, 5.41) is 3.86. The molecule has 5 nitrogen and oxygen atoms in total. The second-order valence-electron chi connectivity index (χ2n) is 4.48. The summed E-state index contributed by atoms with van der Waals surface area (Å²) in [5.41, 5.74) is 0. The van der Waals surface area contributed by atoms with Crippen molar-refractivity contribution < 1.29 is 14.0 Å². The van der Waals surface area contributed by atoms with Gasteiger partial charge < -0.3 is 18.9 Å².